The lowest BCUT2D eigenvalue weighted by Gasteiger charge is -2.24. The molecule has 1 amide bonds. The number of rotatable bonds is 6. The predicted molar refractivity (Wildman–Crippen MR) is 97.4 cm³/mol. The van der Waals surface area contributed by atoms with Crippen molar-refractivity contribution in [2.75, 3.05) is 6.26 Å². The number of benzene rings is 1. The van der Waals surface area contributed by atoms with Gasteiger partial charge in [0, 0.05) is 23.2 Å². The van der Waals surface area contributed by atoms with Gasteiger partial charge in [-0.2, -0.15) is 0 Å². The molecule has 0 spiro atoms. The number of pyridine rings is 1. The normalized spacial score (nSPS) is 12.3. The molecule has 2 N–H and O–H groups in total. The Hall–Kier alpha value is -2.79. The molecule has 1 atom stereocenters. The van der Waals surface area contributed by atoms with Gasteiger partial charge in [-0.25, -0.2) is 9.18 Å². The highest BCUT2D eigenvalue weighted by molar-refractivity contribution is 7.99. The van der Waals surface area contributed by atoms with Crippen LogP contribution in [0.4, 0.5) is 4.39 Å². The number of carbonyl (C=O) groups excluding carboxylic acids is 1. The molecule has 2 aromatic rings. The van der Waals surface area contributed by atoms with Gasteiger partial charge in [0.1, 0.15) is 5.54 Å². The minimum absolute atomic E-state index is 0.156. The summed E-state index contributed by atoms with van der Waals surface area (Å²) in [5, 5.41) is 12.0. The number of aliphatic carboxylic acids is 1. The van der Waals surface area contributed by atoms with Gasteiger partial charge < -0.3 is 15.2 Å². The summed E-state index contributed by atoms with van der Waals surface area (Å²) in [5.41, 5.74) is -1.70. The number of carboxylic acids is 1. The Morgan fingerprint density at radius 2 is 2.12 bits per heavy atom. The van der Waals surface area contributed by atoms with E-state index in [1.54, 1.807) is 12.3 Å². The first kappa shape index (κ1) is 19.5. The van der Waals surface area contributed by atoms with Crippen molar-refractivity contribution in [3.05, 3.63) is 35.8 Å². The Balaban J connectivity index is 2.29. The fraction of sp³-hybridized carbons (Fsp3) is 0.278. The molecular weight excluding hydrogens is 359 g/mol. The van der Waals surface area contributed by atoms with Crippen LogP contribution in [0.25, 0.3) is 10.9 Å². The molecule has 1 aromatic carbocycles. The summed E-state index contributed by atoms with van der Waals surface area (Å²) in [6.45, 7) is 2.68. The van der Waals surface area contributed by atoms with Crippen molar-refractivity contribution >= 4 is 34.5 Å². The number of thioether (sulfide) groups is 1. The molecule has 0 aliphatic rings. The van der Waals surface area contributed by atoms with Crippen LogP contribution in [-0.4, -0.2) is 39.2 Å². The number of aromatic nitrogens is 1. The zero-order chi connectivity index (χ0) is 19.5. The molecular formula is C18H17FN2O4S. The average Bonchev–Trinajstić information content (AvgIpc) is 2.58. The van der Waals surface area contributed by atoms with E-state index in [4.69, 9.17) is 16.3 Å². The Kier molecular flexibility index (Phi) is 5.73. The largest absolute Gasteiger partial charge is 0.480 e. The second-order valence-electron chi connectivity index (χ2n) is 5.95. The number of fused-ring (bicyclic) bond motifs is 1. The van der Waals surface area contributed by atoms with Crippen molar-refractivity contribution in [1.82, 2.24) is 10.3 Å². The summed E-state index contributed by atoms with van der Waals surface area (Å²) in [7, 11) is 0. The van der Waals surface area contributed by atoms with E-state index in [0.29, 0.717) is 16.5 Å². The average molecular weight is 376 g/mol. The van der Waals surface area contributed by atoms with Gasteiger partial charge in [0.05, 0.1) is 5.52 Å². The molecule has 136 valence electrons. The van der Waals surface area contributed by atoms with Gasteiger partial charge in [0.2, 0.25) is 5.44 Å². The van der Waals surface area contributed by atoms with Crippen LogP contribution in [0.5, 0.6) is 5.75 Å². The van der Waals surface area contributed by atoms with Gasteiger partial charge in [0.15, 0.2) is 11.6 Å². The van der Waals surface area contributed by atoms with Crippen LogP contribution < -0.4 is 10.1 Å². The zero-order valence-electron chi connectivity index (χ0n) is 14.4. The number of hydrogen-bond donors (Lipinski definition) is 2. The molecule has 6 nitrogen and oxygen atoms in total. The third-order valence-corrected chi connectivity index (χ3v) is 4.27. The molecule has 8 heteroatoms. The van der Waals surface area contributed by atoms with Gasteiger partial charge in [-0.1, -0.05) is 5.92 Å². The summed E-state index contributed by atoms with van der Waals surface area (Å²) < 4.78 is 19.8. The lowest BCUT2D eigenvalue weighted by molar-refractivity contribution is -0.146. The highest BCUT2D eigenvalue weighted by Crippen LogP contribution is 2.27. The summed E-state index contributed by atoms with van der Waals surface area (Å²) >= 11 is 1.01. The second-order valence-corrected chi connectivity index (χ2v) is 6.85. The van der Waals surface area contributed by atoms with Gasteiger partial charge in [-0.3, -0.25) is 9.78 Å². The van der Waals surface area contributed by atoms with Gasteiger partial charge in [-0.15, -0.1) is 18.2 Å². The lowest BCUT2D eigenvalue weighted by atomic mass is 10.1. The summed E-state index contributed by atoms with van der Waals surface area (Å²) in [4.78, 5) is 27.5. The number of halogens is 1. The molecule has 0 saturated carbocycles. The van der Waals surface area contributed by atoms with Gasteiger partial charge in [0.25, 0.3) is 5.91 Å². The quantitative estimate of drug-likeness (QED) is 0.595. The summed E-state index contributed by atoms with van der Waals surface area (Å²) in [6, 6.07) is 4.23. The minimum Gasteiger partial charge on any atom is -0.480 e. The maximum Gasteiger partial charge on any atom is 0.328 e. The van der Waals surface area contributed by atoms with Crippen molar-refractivity contribution in [2.24, 2.45) is 0 Å². The Bertz CT molecular complexity index is 908. The third kappa shape index (κ3) is 4.24. The fourth-order valence-electron chi connectivity index (χ4n) is 2.04. The Morgan fingerprint density at radius 3 is 2.69 bits per heavy atom. The van der Waals surface area contributed by atoms with Crippen molar-refractivity contribution in [2.45, 2.75) is 24.8 Å². The number of nitrogens with zero attached hydrogens (tertiary/aromatic N) is 1. The van der Waals surface area contributed by atoms with Crippen LogP contribution in [0.2, 0.25) is 0 Å². The lowest BCUT2D eigenvalue weighted by Crippen LogP contribution is -2.53. The molecule has 1 heterocycles. The van der Waals surface area contributed by atoms with Crippen LogP contribution in [0.15, 0.2) is 24.4 Å². The number of terminal acetylenes is 1. The first-order valence-corrected chi connectivity index (χ1v) is 8.77. The van der Waals surface area contributed by atoms with E-state index >= 15 is 0 Å². The van der Waals surface area contributed by atoms with E-state index in [2.05, 4.69) is 16.2 Å². The van der Waals surface area contributed by atoms with Crippen molar-refractivity contribution in [3.63, 3.8) is 0 Å². The Morgan fingerprint density at radius 1 is 1.42 bits per heavy atom. The molecule has 0 fully saturated rings. The van der Waals surface area contributed by atoms with E-state index in [9.17, 15) is 14.0 Å². The van der Waals surface area contributed by atoms with E-state index in [1.807, 2.05) is 0 Å². The second kappa shape index (κ2) is 7.62. The summed E-state index contributed by atoms with van der Waals surface area (Å²) in [6.07, 6.45) is 8.38. The number of ether oxygens (including phenoxy) is 1. The molecule has 0 aliphatic carbocycles. The Labute approximate surface area is 154 Å². The summed E-state index contributed by atoms with van der Waals surface area (Å²) in [5.74, 6) is -0.289. The number of hydrogen-bond acceptors (Lipinski definition) is 5. The van der Waals surface area contributed by atoms with Crippen LogP contribution in [0, 0.1) is 18.2 Å². The first-order chi connectivity index (χ1) is 12.2. The molecule has 1 aromatic heterocycles. The van der Waals surface area contributed by atoms with Crippen LogP contribution >= 0.6 is 11.8 Å². The van der Waals surface area contributed by atoms with E-state index in [-0.39, 0.29) is 5.75 Å². The van der Waals surface area contributed by atoms with E-state index in [1.165, 1.54) is 32.2 Å². The topological polar surface area (TPSA) is 88.5 Å². The van der Waals surface area contributed by atoms with E-state index < -0.39 is 28.7 Å². The highest BCUT2D eigenvalue weighted by atomic mass is 32.2. The smallest absolute Gasteiger partial charge is 0.328 e. The predicted octanol–water partition coefficient (Wildman–Crippen LogP) is 2.40. The van der Waals surface area contributed by atoms with Crippen LogP contribution in [0.1, 0.15) is 19.4 Å². The molecule has 1 unspecified atom stereocenters. The fourth-order valence-corrected chi connectivity index (χ4v) is 2.52. The zero-order valence-corrected chi connectivity index (χ0v) is 15.2. The van der Waals surface area contributed by atoms with E-state index in [0.717, 1.165) is 11.8 Å². The molecule has 0 aliphatic heterocycles. The number of carboxylic acid groups (broad SMARTS) is 1. The van der Waals surface area contributed by atoms with Gasteiger partial charge in [-0.05, 0) is 32.2 Å². The van der Waals surface area contributed by atoms with Crippen molar-refractivity contribution in [3.8, 4) is 18.1 Å². The van der Waals surface area contributed by atoms with Crippen LogP contribution in [-0.2, 0) is 9.59 Å². The molecule has 26 heavy (non-hydrogen) atoms. The standard InChI is InChI=1S/C18H17FN2O4S/c1-5-10-6-11-7-14(12(19)8-13(11)20-9-10)25-16(26-4)15(22)21-18(2,3)17(23)24/h1,6-9,16H,2-4H3,(H,21,22)(H,23,24). The number of amides is 1. The molecule has 0 saturated heterocycles. The first-order valence-electron chi connectivity index (χ1n) is 7.48. The van der Waals surface area contributed by atoms with Crippen LogP contribution in [0.3, 0.4) is 0 Å². The maximum absolute atomic E-state index is 14.3. The SMILES string of the molecule is C#Cc1cnc2cc(F)c(OC(SC)C(=O)NC(C)(C)C(=O)O)cc2c1. The molecule has 0 radical (unpaired) electrons. The number of nitrogens with one attached hydrogen (secondary N) is 1. The third-order valence-electron chi connectivity index (χ3n) is 3.53. The highest BCUT2D eigenvalue weighted by Gasteiger charge is 2.32. The van der Waals surface area contributed by atoms with Crippen molar-refractivity contribution < 1.29 is 23.8 Å². The van der Waals surface area contributed by atoms with Crippen molar-refractivity contribution in [1.29, 1.82) is 0 Å². The minimum atomic E-state index is -1.48. The molecule has 2 rings (SSSR count). The van der Waals surface area contributed by atoms with Gasteiger partial charge >= 0.3 is 5.97 Å². The molecule has 0 bridgehead atoms. The monoisotopic (exact) mass is 376 g/mol. The maximum atomic E-state index is 14.3. The number of carbonyl (C=O) groups is 2.